The molecule has 1 saturated carbocycles. The Morgan fingerprint density at radius 2 is 1.97 bits per heavy atom. The number of ether oxygens (including phenoxy) is 1. The molecule has 0 aromatic carbocycles. The molecule has 2 atom stereocenters. The number of aliphatic hydroxyl groups is 1. The van der Waals surface area contributed by atoms with Gasteiger partial charge in [0.05, 0.1) is 25.5 Å². The van der Waals surface area contributed by atoms with Crippen molar-refractivity contribution >= 4 is 17.7 Å². The van der Waals surface area contributed by atoms with Crippen LogP contribution in [0.2, 0.25) is 0 Å². The monoisotopic (exact) mass is 469 g/mol. The molecular formula is C25H33N4O5+. The lowest BCUT2D eigenvalue weighted by Crippen LogP contribution is -2.66. The third kappa shape index (κ3) is 4.46. The maximum Gasteiger partial charge on any atom is 0.346 e. The van der Waals surface area contributed by atoms with E-state index in [1.54, 1.807) is 18.3 Å². The minimum Gasteiger partial charge on any atom is -0.466 e. The maximum atomic E-state index is 13.5. The lowest BCUT2D eigenvalue weighted by atomic mass is 9.75. The third-order valence-electron chi connectivity index (χ3n) is 8.01. The van der Waals surface area contributed by atoms with Gasteiger partial charge < -0.3 is 24.1 Å². The average molecular weight is 470 g/mol. The Morgan fingerprint density at radius 1 is 1.18 bits per heavy atom. The molecule has 1 amide bonds. The molecule has 9 heteroatoms. The van der Waals surface area contributed by atoms with Crippen molar-refractivity contribution in [2.75, 3.05) is 31.5 Å². The Morgan fingerprint density at radius 3 is 2.65 bits per heavy atom. The van der Waals surface area contributed by atoms with Crippen molar-refractivity contribution in [2.45, 2.75) is 56.7 Å². The molecule has 9 nitrogen and oxygen atoms in total. The molecular weight excluding hydrogens is 436 g/mol. The first-order valence-corrected chi connectivity index (χ1v) is 12.4. The van der Waals surface area contributed by atoms with Gasteiger partial charge in [0, 0.05) is 37.1 Å². The first kappa shape index (κ1) is 23.0. The van der Waals surface area contributed by atoms with Crippen molar-refractivity contribution in [3.8, 4) is 0 Å². The van der Waals surface area contributed by atoms with Gasteiger partial charge in [-0.1, -0.05) is 19.3 Å². The summed E-state index contributed by atoms with van der Waals surface area (Å²) in [7, 11) is 0. The number of quaternary nitrogens is 1. The highest BCUT2D eigenvalue weighted by Gasteiger charge is 2.54. The van der Waals surface area contributed by atoms with Crippen LogP contribution in [0.4, 0.5) is 5.82 Å². The van der Waals surface area contributed by atoms with Gasteiger partial charge in [-0.3, -0.25) is 9.78 Å². The second kappa shape index (κ2) is 9.46. The summed E-state index contributed by atoms with van der Waals surface area (Å²) in [4.78, 5) is 34.4. The van der Waals surface area contributed by atoms with Gasteiger partial charge >= 0.3 is 5.97 Å². The summed E-state index contributed by atoms with van der Waals surface area (Å²) >= 11 is 0. The zero-order valence-corrected chi connectivity index (χ0v) is 19.4. The summed E-state index contributed by atoms with van der Waals surface area (Å²) in [5.74, 6) is -0.0222. The summed E-state index contributed by atoms with van der Waals surface area (Å²) in [6.07, 6.45) is 12.2. The fourth-order valence-corrected chi connectivity index (χ4v) is 6.14. The molecule has 182 valence electrons. The summed E-state index contributed by atoms with van der Waals surface area (Å²) in [6.45, 7) is 2.61. The van der Waals surface area contributed by atoms with E-state index < -0.39 is 11.6 Å². The van der Waals surface area contributed by atoms with Crippen LogP contribution < -0.4 is 5.32 Å². The molecule has 3 saturated heterocycles. The number of esters is 1. The number of nitrogens with zero attached hydrogens (tertiary/aromatic N) is 3. The van der Waals surface area contributed by atoms with Crippen molar-refractivity contribution in [3.05, 3.63) is 42.7 Å². The standard InChI is InChI=1S/C25H32N4O5/c30-23(28-22-15-26-10-11-27-22)17-29-12-8-18(9-13-29)20(16-29)34-24(31)25(32,21-7-4-14-33-21)19-5-2-1-3-6-19/h4,7,10-11,14-15,18-20,32H,1-3,5-6,8-9,12-13,16-17H2/p+1/t18?,20?,25-,29?/m1/s1. The fourth-order valence-electron chi connectivity index (χ4n) is 6.14. The first-order chi connectivity index (χ1) is 16.5. The van der Waals surface area contributed by atoms with Gasteiger partial charge in [0.1, 0.15) is 12.3 Å². The molecule has 4 fully saturated rings. The predicted molar refractivity (Wildman–Crippen MR) is 122 cm³/mol. The van der Waals surface area contributed by atoms with Gasteiger partial charge in [-0.25, -0.2) is 9.78 Å². The van der Waals surface area contributed by atoms with Gasteiger partial charge in [0.25, 0.3) is 5.91 Å². The highest BCUT2D eigenvalue weighted by atomic mass is 16.6. The lowest BCUT2D eigenvalue weighted by molar-refractivity contribution is -0.939. The largest absolute Gasteiger partial charge is 0.466 e. The van der Waals surface area contributed by atoms with Crippen LogP contribution in [0, 0.1) is 11.8 Å². The topological polar surface area (TPSA) is 115 Å². The van der Waals surface area contributed by atoms with E-state index in [1.807, 2.05) is 0 Å². The number of amides is 1. The SMILES string of the molecule is O=C(C[N+]12CCC(CC1)C(OC(=O)[C@](O)(c1ccco1)C1CCCCC1)C2)Nc1cnccn1. The van der Waals surface area contributed by atoms with Crippen LogP contribution in [0.5, 0.6) is 0 Å². The van der Waals surface area contributed by atoms with Crippen molar-refractivity contribution in [2.24, 2.45) is 11.8 Å². The Hall–Kier alpha value is -2.78. The average Bonchev–Trinajstić information content (AvgIpc) is 3.40. The number of anilines is 1. The van der Waals surface area contributed by atoms with Gasteiger partial charge in [-0.15, -0.1) is 0 Å². The number of hydrogen-bond donors (Lipinski definition) is 2. The van der Waals surface area contributed by atoms with E-state index in [2.05, 4.69) is 15.3 Å². The number of aromatic nitrogens is 2. The van der Waals surface area contributed by atoms with Gasteiger partial charge in [0.2, 0.25) is 5.60 Å². The summed E-state index contributed by atoms with van der Waals surface area (Å²) in [5.41, 5.74) is -1.77. The van der Waals surface area contributed by atoms with E-state index in [1.165, 1.54) is 18.7 Å². The summed E-state index contributed by atoms with van der Waals surface area (Å²) < 4.78 is 12.2. The quantitative estimate of drug-likeness (QED) is 0.473. The van der Waals surface area contributed by atoms with Crippen LogP contribution in [0.3, 0.4) is 0 Å². The van der Waals surface area contributed by atoms with Crippen LogP contribution in [-0.2, 0) is 19.9 Å². The molecule has 2 N–H and O–H groups in total. The Labute approximate surface area is 199 Å². The molecule has 4 aliphatic rings. The van der Waals surface area contributed by atoms with E-state index >= 15 is 0 Å². The second-order valence-electron chi connectivity index (χ2n) is 10.1. The molecule has 0 spiro atoms. The molecule has 2 aromatic heterocycles. The number of hydrogen-bond acceptors (Lipinski definition) is 7. The predicted octanol–water partition coefficient (Wildman–Crippen LogP) is 2.63. The fraction of sp³-hybridized carbons (Fsp3) is 0.600. The van der Waals surface area contributed by atoms with E-state index in [0.29, 0.717) is 23.4 Å². The maximum absolute atomic E-state index is 13.5. The summed E-state index contributed by atoms with van der Waals surface area (Å²) in [5, 5.41) is 14.5. The van der Waals surface area contributed by atoms with Crippen LogP contribution in [-0.4, -0.2) is 63.7 Å². The molecule has 3 aliphatic heterocycles. The smallest absolute Gasteiger partial charge is 0.346 e. The van der Waals surface area contributed by atoms with Crippen LogP contribution >= 0.6 is 0 Å². The Bertz CT molecular complexity index is 984. The molecule has 6 rings (SSSR count). The van der Waals surface area contributed by atoms with E-state index in [9.17, 15) is 14.7 Å². The zero-order chi connectivity index (χ0) is 23.6. The number of nitrogens with one attached hydrogen (secondary N) is 1. The first-order valence-electron chi connectivity index (χ1n) is 12.4. The molecule has 2 aromatic rings. The molecule has 0 radical (unpaired) electrons. The molecule has 5 heterocycles. The van der Waals surface area contributed by atoms with Crippen LogP contribution in [0.15, 0.2) is 41.4 Å². The summed E-state index contributed by atoms with van der Waals surface area (Å²) in [6, 6.07) is 3.36. The van der Waals surface area contributed by atoms with Crippen molar-refractivity contribution < 1.29 is 28.3 Å². The minimum absolute atomic E-state index is 0.125. The van der Waals surface area contributed by atoms with Gasteiger partial charge in [0.15, 0.2) is 18.5 Å². The number of rotatable bonds is 7. The van der Waals surface area contributed by atoms with Gasteiger partial charge in [-0.05, 0) is 25.0 Å². The highest BCUT2D eigenvalue weighted by Crippen LogP contribution is 2.42. The Kier molecular flexibility index (Phi) is 6.40. The van der Waals surface area contributed by atoms with Crippen molar-refractivity contribution in [1.82, 2.24) is 9.97 Å². The lowest BCUT2D eigenvalue weighted by Gasteiger charge is -2.51. The van der Waals surface area contributed by atoms with Crippen LogP contribution in [0.1, 0.15) is 50.7 Å². The van der Waals surface area contributed by atoms with Crippen LogP contribution in [0.25, 0.3) is 0 Å². The van der Waals surface area contributed by atoms with Crippen molar-refractivity contribution in [3.63, 3.8) is 0 Å². The molecule has 2 bridgehead atoms. The van der Waals surface area contributed by atoms with Gasteiger partial charge in [-0.2, -0.15) is 0 Å². The van der Waals surface area contributed by atoms with E-state index in [4.69, 9.17) is 9.15 Å². The molecule has 1 unspecified atom stereocenters. The van der Waals surface area contributed by atoms with Crippen molar-refractivity contribution in [1.29, 1.82) is 0 Å². The normalized spacial score (nSPS) is 28.7. The number of carbonyl (C=O) groups is 2. The van der Waals surface area contributed by atoms with E-state index in [0.717, 1.165) is 58.0 Å². The molecule has 34 heavy (non-hydrogen) atoms. The number of carbonyl (C=O) groups excluding carboxylic acids is 2. The Balaban J connectivity index is 1.29. The minimum atomic E-state index is -1.77. The molecule has 1 aliphatic carbocycles. The number of fused-ring (bicyclic) bond motifs is 3. The zero-order valence-electron chi connectivity index (χ0n) is 19.4. The third-order valence-corrected chi connectivity index (χ3v) is 8.01. The second-order valence-corrected chi connectivity index (χ2v) is 10.1. The highest BCUT2D eigenvalue weighted by molar-refractivity contribution is 5.90. The number of furan rings is 1. The number of piperidine rings is 3. The van der Waals surface area contributed by atoms with E-state index in [-0.39, 0.29) is 29.6 Å².